The monoisotopic (exact) mass is 363 g/mol. The first kappa shape index (κ1) is 19.7. The number of hydrogen-bond donors (Lipinski definition) is 2. The lowest BCUT2D eigenvalue weighted by Crippen LogP contribution is -2.32. The van der Waals surface area contributed by atoms with E-state index in [1.807, 2.05) is 24.3 Å². The Morgan fingerprint density at radius 3 is 2.56 bits per heavy atom. The van der Waals surface area contributed by atoms with Gasteiger partial charge in [-0.2, -0.15) is 0 Å². The predicted octanol–water partition coefficient (Wildman–Crippen LogP) is 3.62. The van der Waals surface area contributed by atoms with Gasteiger partial charge in [-0.15, -0.1) is 0 Å². The highest BCUT2D eigenvalue weighted by Gasteiger charge is 2.10. The van der Waals surface area contributed by atoms with Crippen molar-refractivity contribution in [3.05, 3.63) is 64.7 Å². The van der Waals surface area contributed by atoms with Crippen molar-refractivity contribution in [1.82, 2.24) is 5.32 Å². The van der Waals surface area contributed by atoms with Gasteiger partial charge in [-0.3, -0.25) is 0 Å². The summed E-state index contributed by atoms with van der Waals surface area (Å²) in [4.78, 5) is 0. The molecule has 136 valence electrons. The minimum Gasteiger partial charge on any atom is -0.491 e. The molecule has 0 amide bonds. The van der Waals surface area contributed by atoms with Crippen LogP contribution in [0.25, 0.3) is 0 Å². The first-order chi connectivity index (χ1) is 12.1. The summed E-state index contributed by atoms with van der Waals surface area (Å²) in [6.07, 6.45) is 0.304. The van der Waals surface area contributed by atoms with E-state index in [0.717, 1.165) is 17.7 Å². The van der Waals surface area contributed by atoms with Gasteiger partial charge in [-0.05, 0) is 48.7 Å². The standard InChI is InChI=1S/C20H26ClNO3/c1-15(22-14-20(23)17-4-3-5-18(21)13-17)12-16-6-8-19(9-7-16)25-11-10-24-2/h3-9,13,15,20,22-23H,10-12,14H2,1-2H3. The van der Waals surface area contributed by atoms with Gasteiger partial charge in [0.1, 0.15) is 12.4 Å². The van der Waals surface area contributed by atoms with Crippen LogP contribution in [0.4, 0.5) is 0 Å². The first-order valence-electron chi connectivity index (χ1n) is 8.46. The van der Waals surface area contributed by atoms with Crippen LogP contribution in [0.5, 0.6) is 5.75 Å². The molecule has 2 aromatic rings. The van der Waals surface area contributed by atoms with Crippen LogP contribution in [-0.4, -0.2) is 38.0 Å². The molecule has 0 aliphatic rings. The number of nitrogens with one attached hydrogen (secondary N) is 1. The summed E-state index contributed by atoms with van der Waals surface area (Å²) < 4.78 is 10.5. The largest absolute Gasteiger partial charge is 0.491 e. The van der Waals surface area contributed by atoms with E-state index in [-0.39, 0.29) is 6.04 Å². The third kappa shape index (κ3) is 7.04. The zero-order valence-corrected chi connectivity index (χ0v) is 15.5. The molecule has 0 aliphatic carbocycles. The summed E-state index contributed by atoms with van der Waals surface area (Å²) in [5, 5.41) is 14.3. The molecule has 5 heteroatoms. The summed E-state index contributed by atoms with van der Waals surface area (Å²) in [6, 6.07) is 15.6. The molecule has 0 spiro atoms. The lowest BCUT2D eigenvalue weighted by molar-refractivity contribution is 0.146. The van der Waals surface area contributed by atoms with Crippen LogP contribution in [0, 0.1) is 0 Å². The van der Waals surface area contributed by atoms with Crippen molar-refractivity contribution >= 4 is 11.6 Å². The third-order valence-electron chi connectivity index (χ3n) is 3.91. The average molecular weight is 364 g/mol. The highest BCUT2D eigenvalue weighted by Crippen LogP contribution is 2.18. The summed E-state index contributed by atoms with van der Waals surface area (Å²) in [7, 11) is 1.66. The summed E-state index contributed by atoms with van der Waals surface area (Å²) >= 11 is 5.96. The molecule has 2 aromatic carbocycles. The van der Waals surface area contributed by atoms with E-state index < -0.39 is 6.10 Å². The molecule has 0 bridgehead atoms. The Balaban J connectivity index is 1.76. The maximum absolute atomic E-state index is 10.3. The van der Waals surface area contributed by atoms with Gasteiger partial charge in [-0.25, -0.2) is 0 Å². The fourth-order valence-electron chi connectivity index (χ4n) is 2.53. The van der Waals surface area contributed by atoms with Crippen LogP contribution >= 0.6 is 11.6 Å². The quantitative estimate of drug-likeness (QED) is 0.633. The fourth-order valence-corrected chi connectivity index (χ4v) is 2.73. The molecule has 2 N–H and O–H groups in total. The Morgan fingerprint density at radius 1 is 1.12 bits per heavy atom. The smallest absolute Gasteiger partial charge is 0.119 e. The Hall–Kier alpha value is -1.59. The molecule has 0 saturated carbocycles. The van der Waals surface area contributed by atoms with Gasteiger partial charge in [-0.1, -0.05) is 35.9 Å². The van der Waals surface area contributed by atoms with E-state index in [1.165, 1.54) is 5.56 Å². The van der Waals surface area contributed by atoms with Crippen molar-refractivity contribution in [2.24, 2.45) is 0 Å². The second-order valence-corrected chi connectivity index (χ2v) is 6.51. The maximum atomic E-state index is 10.3. The van der Waals surface area contributed by atoms with Crippen molar-refractivity contribution in [1.29, 1.82) is 0 Å². The van der Waals surface area contributed by atoms with Gasteiger partial charge in [0.25, 0.3) is 0 Å². The second-order valence-electron chi connectivity index (χ2n) is 6.07. The number of rotatable bonds is 10. The molecule has 0 aromatic heterocycles. The topological polar surface area (TPSA) is 50.7 Å². The molecule has 0 aliphatic heterocycles. The Morgan fingerprint density at radius 2 is 1.88 bits per heavy atom. The van der Waals surface area contributed by atoms with E-state index in [4.69, 9.17) is 21.1 Å². The SMILES string of the molecule is COCCOc1ccc(CC(C)NCC(O)c2cccc(Cl)c2)cc1. The molecule has 0 heterocycles. The Bertz CT molecular complexity index is 633. The van der Waals surface area contributed by atoms with Crippen molar-refractivity contribution in [2.45, 2.75) is 25.5 Å². The van der Waals surface area contributed by atoms with Crippen LogP contribution in [0.1, 0.15) is 24.2 Å². The van der Waals surface area contributed by atoms with Gasteiger partial charge in [0.05, 0.1) is 12.7 Å². The van der Waals surface area contributed by atoms with Gasteiger partial charge < -0.3 is 19.9 Å². The third-order valence-corrected chi connectivity index (χ3v) is 4.15. The number of aliphatic hydroxyl groups excluding tert-OH is 1. The van der Waals surface area contributed by atoms with Gasteiger partial charge in [0.2, 0.25) is 0 Å². The molecule has 2 rings (SSSR count). The zero-order chi connectivity index (χ0) is 18.1. The molecule has 25 heavy (non-hydrogen) atoms. The highest BCUT2D eigenvalue weighted by atomic mass is 35.5. The zero-order valence-electron chi connectivity index (χ0n) is 14.7. The lowest BCUT2D eigenvalue weighted by Gasteiger charge is -2.18. The van der Waals surface area contributed by atoms with Crippen LogP contribution in [-0.2, 0) is 11.2 Å². The van der Waals surface area contributed by atoms with Gasteiger partial charge in [0, 0.05) is 24.7 Å². The number of ether oxygens (including phenoxy) is 2. The number of benzene rings is 2. The normalized spacial score (nSPS) is 13.4. The van der Waals surface area contributed by atoms with Crippen molar-refractivity contribution < 1.29 is 14.6 Å². The first-order valence-corrected chi connectivity index (χ1v) is 8.84. The predicted molar refractivity (Wildman–Crippen MR) is 101 cm³/mol. The van der Waals surface area contributed by atoms with E-state index >= 15 is 0 Å². The van der Waals surface area contributed by atoms with Crippen LogP contribution < -0.4 is 10.1 Å². The number of aliphatic hydroxyl groups is 1. The molecule has 0 radical (unpaired) electrons. The molecular weight excluding hydrogens is 338 g/mol. The second kappa shape index (κ2) is 10.4. The summed E-state index contributed by atoms with van der Waals surface area (Å²) in [6.45, 7) is 3.72. The minimum atomic E-state index is -0.572. The number of halogens is 1. The fraction of sp³-hybridized carbons (Fsp3) is 0.400. The van der Waals surface area contributed by atoms with E-state index in [2.05, 4.69) is 24.4 Å². The van der Waals surface area contributed by atoms with E-state index in [9.17, 15) is 5.11 Å². The molecule has 0 fully saturated rings. The summed E-state index contributed by atoms with van der Waals surface area (Å²) in [5.41, 5.74) is 2.04. The Labute approximate surface area is 154 Å². The maximum Gasteiger partial charge on any atom is 0.119 e. The summed E-state index contributed by atoms with van der Waals surface area (Å²) in [5.74, 6) is 0.845. The van der Waals surface area contributed by atoms with Crippen molar-refractivity contribution in [3.63, 3.8) is 0 Å². The minimum absolute atomic E-state index is 0.245. The van der Waals surface area contributed by atoms with Gasteiger partial charge >= 0.3 is 0 Å². The Kier molecular flexibility index (Phi) is 8.22. The molecule has 2 atom stereocenters. The van der Waals surface area contributed by atoms with Gasteiger partial charge in [0.15, 0.2) is 0 Å². The van der Waals surface area contributed by atoms with E-state index in [1.54, 1.807) is 19.2 Å². The van der Waals surface area contributed by atoms with Crippen molar-refractivity contribution in [3.8, 4) is 5.75 Å². The van der Waals surface area contributed by atoms with Crippen molar-refractivity contribution in [2.75, 3.05) is 26.9 Å². The van der Waals surface area contributed by atoms with E-state index in [0.29, 0.717) is 24.8 Å². The molecule has 2 unspecified atom stereocenters. The van der Waals surface area contributed by atoms with Crippen LogP contribution in [0.2, 0.25) is 5.02 Å². The molecule has 4 nitrogen and oxygen atoms in total. The number of methoxy groups -OCH3 is 1. The average Bonchev–Trinajstić information content (AvgIpc) is 2.61. The lowest BCUT2D eigenvalue weighted by atomic mass is 10.1. The van der Waals surface area contributed by atoms with Crippen LogP contribution in [0.15, 0.2) is 48.5 Å². The van der Waals surface area contributed by atoms with Crippen LogP contribution in [0.3, 0.4) is 0 Å². The molecular formula is C20H26ClNO3. The number of hydrogen-bond acceptors (Lipinski definition) is 4. The molecule has 0 saturated heterocycles. The highest BCUT2D eigenvalue weighted by molar-refractivity contribution is 6.30.